The predicted molar refractivity (Wildman–Crippen MR) is 112 cm³/mol. The number of nitrogens with one attached hydrogen (secondary N) is 3. The highest BCUT2D eigenvalue weighted by Crippen LogP contribution is 2.28. The van der Waals surface area contributed by atoms with Gasteiger partial charge in [-0.25, -0.2) is 0 Å². The average Bonchev–Trinajstić information content (AvgIpc) is 2.74. The first-order valence-electron chi connectivity index (χ1n) is 9.70. The van der Waals surface area contributed by atoms with Crippen LogP contribution in [-0.2, 0) is 4.79 Å². The number of para-hydroxylation sites is 2. The summed E-state index contributed by atoms with van der Waals surface area (Å²) in [7, 11) is 0. The highest BCUT2D eigenvalue weighted by Gasteiger charge is 2.27. The minimum Gasteiger partial charge on any atom is -0.504 e. The fourth-order valence-electron chi connectivity index (χ4n) is 2.76. The lowest BCUT2D eigenvalue weighted by atomic mass is 10.1. The second-order valence-electron chi connectivity index (χ2n) is 6.94. The Bertz CT molecular complexity index is 993. The maximum atomic E-state index is 12.4. The monoisotopic (exact) mass is 447 g/mol. The summed E-state index contributed by atoms with van der Waals surface area (Å²) in [4.78, 5) is 36.7. The summed E-state index contributed by atoms with van der Waals surface area (Å²) in [5, 5.41) is 55.6. The number of phenolic OH excluding ortho intramolecular Hbond substituents is 4. The van der Waals surface area contributed by atoms with Crippen LogP contribution in [0.4, 0.5) is 0 Å². The molecule has 2 rings (SSSR count). The van der Waals surface area contributed by atoms with E-state index in [1.54, 1.807) is 0 Å². The third-order valence-electron chi connectivity index (χ3n) is 4.51. The lowest BCUT2D eigenvalue weighted by molar-refractivity contribution is -0.125. The summed E-state index contributed by atoms with van der Waals surface area (Å²) in [6, 6.07) is 6.42. The van der Waals surface area contributed by atoms with Gasteiger partial charge in [-0.1, -0.05) is 12.1 Å². The second kappa shape index (κ2) is 10.9. The number of amides is 3. The third kappa shape index (κ3) is 6.01. The van der Waals surface area contributed by atoms with E-state index in [2.05, 4.69) is 16.0 Å². The van der Waals surface area contributed by atoms with Crippen molar-refractivity contribution < 1.29 is 39.9 Å². The van der Waals surface area contributed by atoms with E-state index in [-0.39, 0.29) is 24.2 Å². The Morgan fingerprint density at radius 3 is 1.84 bits per heavy atom. The van der Waals surface area contributed by atoms with Gasteiger partial charge in [-0.15, -0.1) is 0 Å². The molecule has 172 valence electrons. The summed E-state index contributed by atoms with van der Waals surface area (Å²) in [5.74, 6) is -4.27. The van der Waals surface area contributed by atoms with Gasteiger partial charge in [-0.05, 0) is 37.6 Å². The zero-order chi connectivity index (χ0) is 23.8. The smallest absolute Gasteiger partial charge is 0.255 e. The van der Waals surface area contributed by atoms with E-state index in [0.29, 0.717) is 6.42 Å². The van der Waals surface area contributed by atoms with Gasteiger partial charge in [0.05, 0.1) is 17.2 Å². The molecule has 2 atom stereocenters. The maximum Gasteiger partial charge on any atom is 0.255 e. The van der Waals surface area contributed by atoms with Crippen molar-refractivity contribution >= 4 is 17.7 Å². The van der Waals surface area contributed by atoms with Crippen LogP contribution in [0, 0.1) is 0 Å². The molecule has 11 nitrogen and oxygen atoms in total. The molecule has 0 spiro atoms. The molecule has 2 aromatic rings. The molecule has 0 aliphatic rings. The second-order valence-corrected chi connectivity index (χ2v) is 6.94. The van der Waals surface area contributed by atoms with Crippen LogP contribution in [0.25, 0.3) is 0 Å². The molecule has 0 saturated carbocycles. The summed E-state index contributed by atoms with van der Waals surface area (Å²) in [6.07, 6.45) is -0.961. The fraction of sp³-hybridized carbons (Fsp3) is 0.286. The molecule has 32 heavy (non-hydrogen) atoms. The molecule has 0 fully saturated rings. The van der Waals surface area contributed by atoms with Crippen LogP contribution >= 0.6 is 0 Å². The van der Waals surface area contributed by atoms with E-state index in [0.717, 1.165) is 0 Å². The zero-order valence-corrected chi connectivity index (χ0v) is 17.2. The first-order chi connectivity index (χ1) is 15.1. The first kappa shape index (κ1) is 24.3. The van der Waals surface area contributed by atoms with Gasteiger partial charge >= 0.3 is 0 Å². The molecule has 0 saturated heterocycles. The van der Waals surface area contributed by atoms with Gasteiger partial charge in [-0.2, -0.15) is 0 Å². The Hall–Kier alpha value is -3.99. The molecular weight excluding hydrogens is 422 g/mol. The van der Waals surface area contributed by atoms with Crippen LogP contribution in [0.2, 0.25) is 0 Å². The standard InChI is InChI=1S/C21H25N3O8/c1-11(25)16(24-20(31)13-6-3-8-15(27)18(13)29)21(32)23-10-4-9-22-19(30)12-5-2-7-14(26)17(12)28/h2-3,5-8,11,16,25-29H,4,9-10H2,1H3,(H,22,30)(H,23,32)(H,24,31). The summed E-state index contributed by atoms with van der Waals surface area (Å²) in [6.45, 7) is 1.54. The van der Waals surface area contributed by atoms with Gasteiger partial charge in [0, 0.05) is 13.1 Å². The molecule has 0 heterocycles. The van der Waals surface area contributed by atoms with Gasteiger partial charge in [0.25, 0.3) is 11.8 Å². The number of benzene rings is 2. The number of rotatable bonds is 9. The molecule has 0 aliphatic carbocycles. The Balaban J connectivity index is 1.84. The Kier molecular flexibility index (Phi) is 8.24. The maximum absolute atomic E-state index is 12.4. The van der Waals surface area contributed by atoms with Gasteiger partial charge in [-0.3, -0.25) is 14.4 Å². The van der Waals surface area contributed by atoms with Gasteiger partial charge in [0.15, 0.2) is 23.0 Å². The molecule has 3 amide bonds. The highest BCUT2D eigenvalue weighted by molar-refractivity contribution is 6.00. The van der Waals surface area contributed by atoms with Crippen molar-refractivity contribution in [1.29, 1.82) is 0 Å². The van der Waals surface area contributed by atoms with Gasteiger partial charge in [0.1, 0.15) is 6.04 Å². The number of carbonyl (C=O) groups is 3. The summed E-state index contributed by atoms with van der Waals surface area (Å²) < 4.78 is 0. The van der Waals surface area contributed by atoms with Crippen LogP contribution < -0.4 is 16.0 Å². The van der Waals surface area contributed by atoms with Crippen molar-refractivity contribution in [3.63, 3.8) is 0 Å². The van der Waals surface area contributed by atoms with Crippen LogP contribution in [0.5, 0.6) is 23.0 Å². The van der Waals surface area contributed by atoms with Crippen molar-refractivity contribution in [2.45, 2.75) is 25.5 Å². The van der Waals surface area contributed by atoms with E-state index in [1.165, 1.54) is 43.3 Å². The topological polar surface area (TPSA) is 188 Å². The van der Waals surface area contributed by atoms with Crippen LogP contribution in [0.15, 0.2) is 36.4 Å². The minimum atomic E-state index is -1.33. The van der Waals surface area contributed by atoms with E-state index < -0.39 is 52.9 Å². The van der Waals surface area contributed by atoms with Crippen molar-refractivity contribution in [1.82, 2.24) is 16.0 Å². The minimum absolute atomic E-state index is 0.0962. The normalized spacial score (nSPS) is 12.4. The number of phenols is 4. The predicted octanol–water partition coefficient (Wildman–Crippen LogP) is -0.0755. The van der Waals surface area contributed by atoms with Crippen LogP contribution in [0.3, 0.4) is 0 Å². The highest BCUT2D eigenvalue weighted by atomic mass is 16.3. The molecule has 11 heteroatoms. The Labute approximate surface area is 183 Å². The molecule has 8 N–H and O–H groups in total. The number of carbonyl (C=O) groups excluding carboxylic acids is 3. The quantitative estimate of drug-likeness (QED) is 0.193. The Morgan fingerprint density at radius 1 is 0.812 bits per heavy atom. The lowest BCUT2D eigenvalue weighted by Crippen LogP contribution is -2.52. The third-order valence-corrected chi connectivity index (χ3v) is 4.51. The fourth-order valence-corrected chi connectivity index (χ4v) is 2.76. The van der Waals surface area contributed by atoms with E-state index >= 15 is 0 Å². The molecular formula is C21H25N3O8. The molecule has 0 bridgehead atoms. The molecule has 2 aromatic carbocycles. The summed E-state index contributed by atoms with van der Waals surface area (Å²) >= 11 is 0. The zero-order valence-electron chi connectivity index (χ0n) is 17.2. The number of hydrogen-bond donors (Lipinski definition) is 8. The average molecular weight is 447 g/mol. The van der Waals surface area contributed by atoms with Crippen molar-refractivity contribution in [2.75, 3.05) is 13.1 Å². The number of hydrogen-bond acceptors (Lipinski definition) is 8. The number of aliphatic hydroxyl groups is 1. The molecule has 2 unspecified atom stereocenters. The van der Waals surface area contributed by atoms with Crippen molar-refractivity contribution in [3.05, 3.63) is 47.5 Å². The number of aromatic hydroxyl groups is 4. The Morgan fingerprint density at radius 2 is 1.31 bits per heavy atom. The van der Waals surface area contributed by atoms with Gasteiger partial charge < -0.3 is 41.5 Å². The van der Waals surface area contributed by atoms with E-state index in [9.17, 15) is 39.9 Å². The SMILES string of the molecule is CC(O)C(NC(=O)c1cccc(O)c1O)C(=O)NCCCNC(=O)c1cccc(O)c1O. The van der Waals surface area contributed by atoms with Crippen molar-refractivity contribution in [3.8, 4) is 23.0 Å². The molecule has 0 aromatic heterocycles. The van der Waals surface area contributed by atoms with Crippen LogP contribution in [0.1, 0.15) is 34.1 Å². The van der Waals surface area contributed by atoms with Crippen LogP contribution in [-0.4, -0.2) is 68.5 Å². The van der Waals surface area contributed by atoms with E-state index in [1.807, 2.05) is 0 Å². The molecule has 0 radical (unpaired) electrons. The number of aliphatic hydroxyl groups excluding tert-OH is 1. The lowest BCUT2D eigenvalue weighted by Gasteiger charge is -2.21. The van der Waals surface area contributed by atoms with E-state index in [4.69, 9.17) is 0 Å². The van der Waals surface area contributed by atoms with Gasteiger partial charge in [0.2, 0.25) is 5.91 Å². The molecule has 0 aliphatic heterocycles. The largest absolute Gasteiger partial charge is 0.504 e. The van der Waals surface area contributed by atoms with Crippen molar-refractivity contribution in [2.24, 2.45) is 0 Å². The summed E-state index contributed by atoms with van der Waals surface area (Å²) in [5.41, 5.74) is -0.359. The first-order valence-corrected chi connectivity index (χ1v) is 9.70.